The number of hydrogen-bond acceptors (Lipinski definition) is 3. The summed E-state index contributed by atoms with van der Waals surface area (Å²) in [5, 5.41) is 6.70. The van der Waals surface area contributed by atoms with Crippen molar-refractivity contribution in [1.82, 2.24) is 10.3 Å². The Morgan fingerprint density at radius 2 is 1.76 bits per heavy atom. The van der Waals surface area contributed by atoms with Crippen molar-refractivity contribution >= 4 is 39.3 Å². The van der Waals surface area contributed by atoms with Crippen LogP contribution in [-0.4, -0.2) is 23.3 Å². The summed E-state index contributed by atoms with van der Waals surface area (Å²) in [6.45, 7) is 0.620. The summed E-state index contributed by atoms with van der Waals surface area (Å²) in [5.41, 5.74) is 3.49. The normalized spacial score (nSPS) is 13.2. The number of carbonyl (C=O) groups is 2. The molecular formula is C23H17N3O3. The Morgan fingerprint density at radius 1 is 0.931 bits per heavy atom. The van der Waals surface area contributed by atoms with Gasteiger partial charge < -0.3 is 15.6 Å². The van der Waals surface area contributed by atoms with Crippen molar-refractivity contribution in [3.8, 4) is 0 Å². The van der Waals surface area contributed by atoms with Crippen LogP contribution in [0.5, 0.6) is 0 Å². The minimum Gasteiger partial charge on any atom is -0.354 e. The number of aromatic nitrogens is 1. The first kappa shape index (κ1) is 17.2. The number of fused-ring (bicyclic) bond motifs is 3. The van der Waals surface area contributed by atoms with Gasteiger partial charge in [0.1, 0.15) is 0 Å². The summed E-state index contributed by atoms with van der Waals surface area (Å²) in [4.78, 5) is 41.1. The molecule has 3 aromatic carbocycles. The molecule has 0 unspecified atom stereocenters. The van der Waals surface area contributed by atoms with Crippen molar-refractivity contribution in [1.29, 1.82) is 0 Å². The van der Waals surface area contributed by atoms with E-state index in [1.807, 2.05) is 24.3 Å². The predicted molar refractivity (Wildman–Crippen MR) is 113 cm³/mol. The Bertz CT molecular complexity index is 1370. The second-order valence-electron chi connectivity index (χ2n) is 7.06. The van der Waals surface area contributed by atoms with Gasteiger partial charge in [-0.2, -0.15) is 0 Å². The van der Waals surface area contributed by atoms with Crippen molar-refractivity contribution in [3.05, 3.63) is 87.6 Å². The van der Waals surface area contributed by atoms with E-state index in [2.05, 4.69) is 15.6 Å². The lowest BCUT2D eigenvalue weighted by atomic mass is 9.99. The summed E-state index contributed by atoms with van der Waals surface area (Å²) in [6.07, 6.45) is 0.771. The minimum absolute atomic E-state index is 0.116. The second-order valence-corrected chi connectivity index (χ2v) is 7.06. The van der Waals surface area contributed by atoms with Crippen molar-refractivity contribution in [2.75, 3.05) is 11.9 Å². The number of para-hydroxylation sites is 2. The Morgan fingerprint density at radius 3 is 2.66 bits per heavy atom. The summed E-state index contributed by atoms with van der Waals surface area (Å²) in [6, 6.07) is 17.6. The molecule has 4 aromatic rings. The number of amides is 2. The molecule has 1 aromatic heterocycles. The summed E-state index contributed by atoms with van der Waals surface area (Å²) in [5.74, 6) is -0.485. The smallest absolute Gasteiger partial charge is 0.257 e. The maximum atomic E-state index is 13.0. The van der Waals surface area contributed by atoms with Crippen LogP contribution in [0, 0.1) is 0 Å². The molecule has 0 saturated carbocycles. The fourth-order valence-corrected chi connectivity index (χ4v) is 3.82. The zero-order chi connectivity index (χ0) is 20.0. The maximum Gasteiger partial charge on any atom is 0.257 e. The van der Waals surface area contributed by atoms with Crippen LogP contribution in [0.1, 0.15) is 26.3 Å². The molecule has 1 aliphatic rings. The van der Waals surface area contributed by atoms with Crippen LogP contribution >= 0.6 is 0 Å². The molecule has 0 fully saturated rings. The van der Waals surface area contributed by atoms with Crippen molar-refractivity contribution < 1.29 is 9.59 Å². The van der Waals surface area contributed by atoms with Crippen LogP contribution < -0.4 is 16.1 Å². The van der Waals surface area contributed by atoms with E-state index >= 15 is 0 Å². The molecule has 142 valence electrons. The third-order valence-corrected chi connectivity index (χ3v) is 5.28. The number of H-pyrrole nitrogens is 1. The largest absolute Gasteiger partial charge is 0.354 e. The average Bonchev–Trinajstić information content (AvgIpc) is 2.74. The number of carbonyl (C=O) groups excluding carboxylic acids is 2. The van der Waals surface area contributed by atoms with E-state index in [-0.39, 0.29) is 17.2 Å². The molecule has 6 nitrogen and oxygen atoms in total. The summed E-state index contributed by atoms with van der Waals surface area (Å²) in [7, 11) is 0. The molecule has 29 heavy (non-hydrogen) atoms. The van der Waals surface area contributed by atoms with Crippen LogP contribution in [0.3, 0.4) is 0 Å². The van der Waals surface area contributed by atoms with Gasteiger partial charge in [-0.25, -0.2) is 0 Å². The minimum atomic E-state index is -0.349. The summed E-state index contributed by atoms with van der Waals surface area (Å²) >= 11 is 0. The number of aromatic amines is 1. The highest BCUT2D eigenvalue weighted by atomic mass is 16.2. The average molecular weight is 383 g/mol. The fourth-order valence-electron chi connectivity index (χ4n) is 3.82. The Balaban J connectivity index is 1.57. The predicted octanol–water partition coefficient (Wildman–Crippen LogP) is 3.22. The highest BCUT2D eigenvalue weighted by Crippen LogP contribution is 2.22. The number of hydrogen-bond donors (Lipinski definition) is 3. The van der Waals surface area contributed by atoms with E-state index < -0.39 is 0 Å². The lowest BCUT2D eigenvalue weighted by molar-refractivity contribution is 0.0944. The molecule has 1 aliphatic heterocycles. The van der Waals surface area contributed by atoms with Gasteiger partial charge in [0, 0.05) is 34.1 Å². The van der Waals surface area contributed by atoms with Gasteiger partial charge in [-0.15, -0.1) is 0 Å². The maximum absolute atomic E-state index is 13.0. The van der Waals surface area contributed by atoms with E-state index in [0.717, 1.165) is 12.0 Å². The molecule has 0 spiro atoms. The number of nitrogens with one attached hydrogen (secondary N) is 3. The van der Waals surface area contributed by atoms with Crippen molar-refractivity contribution in [2.24, 2.45) is 0 Å². The molecule has 0 atom stereocenters. The molecule has 0 aliphatic carbocycles. The molecule has 6 heteroatoms. The molecule has 2 amide bonds. The van der Waals surface area contributed by atoms with E-state index in [4.69, 9.17) is 0 Å². The standard InChI is InChI=1S/C23H17N3O3/c27-21-15-4-1-2-7-19(15)26-20-16(21)5-3-6-17(20)23(29)25-14-9-8-13-10-11-24-22(28)18(13)12-14/h1-9,12H,10-11H2,(H,24,28)(H,25,29)(H,26,27). The first-order valence-electron chi connectivity index (χ1n) is 9.38. The number of rotatable bonds is 2. The van der Waals surface area contributed by atoms with Gasteiger partial charge in [0.2, 0.25) is 0 Å². The summed E-state index contributed by atoms with van der Waals surface area (Å²) < 4.78 is 0. The number of anilines is 1. The Hall–Kier alpha value is -3.93. The third-order valence-electron chi connectivity index (χ3n) is 5.28. The molecular weight excluding hydrogens is 366 g/mol. The molecule has 5 rings (SSSR count). The van der Waals surface area contributed by atoms with E-state index in [9.17, 15) is 14.4 Å². The first-order chi connectivity index (χ1) is 14.1. The lowest BCUT2D eigenvalue weighted by Gasteiger charge is -2.17. The highest BCUT2D eigenvalue weighted by Gasteiger charge is 2.18. The fraction of sp³-hybridized carbons (Fsp3) is 0.0870. The first-order valence-corrected chi connectivity index (χ1v) is 9.38. The monoisotopic (exact) mass is 383 g/mol. The molecule has 0 radical (unpaired) electrons. The van der Waals surface area contributed by atoms with Gasteiger partial charge in [-0.3, -0.25) is 14.4 Å². The third kappa shape index (κ3) is 2.86. The number of benzene rings is 3. The lowest BCUT2D eigenvalue weighted by Crippen LogP contribution is -2.31. The van der Waals surface area contributed by atoms with Crippen LogP contribution in [0.2, 0.25) is 0 Å². The van der Waals surface area contributed by atoms with E-state index in [1.165, 1.54) is 0 Å². The Kier molecular flexibility index (Phi) is 3.91. The Labute approximate surface area is 165 Å². The zero-order valence-electron chi connectivity index (χ0n) is 15.4. The van der Waals surface area contributed by atoms with Gasteiger partial charge in [0.05, 0.1) is 11.1 Å². The van der Waals surface area contributed by atoms with Crippen molar-refractivity contribution in [3.63, 3.8) is 0 Å². The molecule has 0 bridgehead atoms. The van der Waals surface area contributed by atoms with Crippen LogP contribution in [-0.2, 0) is 6.42 Å². The topological polar surface area (TPSA) is 91.1 Å². The van der Waals surface area contributed by atoms with E-state index in [0.29, 0.717) is 45.2 Å². The quantitative estimate of drug-likeness (QED) is 0.464. The highest BCUT2D eigenvalue weighted by molar-refractivity contribution is 6.13. The van der Waals surface area contributed by atoms with Gasteiger partial charge in [-0.1, -0.05) is 24.3 Å². The zero-order valence-corrected chi connectivity index (χ0v) is 15.4. The van der Waals surface area contributed by atoms with Crippen LogP contribution in [0.25, 0.3) is 21.8 Å². The SMILES string of the molecule is O=C1NCCc2ccc(NC(=O)c3cccc4c(=O)c5ccccc5[nH]c34)cc21. The molecule has 0 saturated heterocycles. The molecule has 3 N–H and O–H groups in total. The van der Waals surface area contributed by atoms with E-state index in [1.54, 1.807) is 36.4 Å². The van der Waals surface area contributed by atoms with Crippen LogP contribution in [0.4, 0.5) is 5.69 Å². The second kappa shape index (κ2) is 6.60. The van der Waals surface area contributed by atoms with Gasteiger partial charge in [0.15, 0.2) is 5.43 Å². The van der Waals surface area contributed by atoms with Crippen molar-refractivity contribution in [2.45, 2.75) is 6.42 Å². The number of pyridine rings is 1. The van der Waals surface area contributed by atoms with Gasteiger partial charge in [-0.05, 0) is 48.4 Å². The van der Waals surface area contributed by atoms with Crippen LogP contribution in [0.15, 0.2) is 65.5 Å². The van der Waals surface area contributed by atoms with Gasteiger partial charge in [0.25, 0.3) is 11.8 Å². The molecule has 2 heterocycles. The van der Waals surface area contributed by atoms with Gasteiger partial charge >= 0.3 is 0 Å².